The molecule has 0 atom stereocenters. The third-order valence-corrected chi connectivity index (χ3v) is 3.93. The van der Waals surface area contributed by atoms with Gasteiger partial charge in [-0.1, -0.05) is 42.5 Å². The van der Waals surface area contributed by atoms with Gasteiger partial charge in [0.1, 0.15) is 5.75 Å². The second-order valence-corrected chi connectivity index (χ2v) is 5.62. The summed E-state index contributed by atoms with van der Waals surface area (Å²) >= 11 is 0. The van der Waals surface area contributed by atoms with Gasteiger partial charge in [-0.3, -0.25) is 4.79 Å². The van der Waals surface area contributed by atoms with E-state index in [-0.39, 0.29) is 17.2 Å². The van der Waals surface area contributed by atoms with E-state index in [9.17, 15) is 9.59 Å². The maximum atomic E-state index is 12.6. The highest BCUT2D eigenvalue weighted by Gasteiger charge is 2.13. The number of hydrogen-bond donors (Lipinski definition) is 2. The predicted octanol–water partition coefficient (Wildman–Crippen LogP) is 4.31. The van der Waals surface area contributed by atoms with Crippen LogP contribution in [-0.4, -0.2) is 24.1 Å². The first-order valence-electron chi connectivity index (χ1n) is 7.96. The van der Waals surface area contributed by atoms with Crippen LogP contribution in [0, 0.1) is 0 Å². The van der Waals surface area contributed by atoms with Gasteiger partial charge < -0.3 is 15.2 Å². The zero-order chi connectivity index (χ0) is 18.5. The summed E-state index contributed by atoms with van der Waals surface area (Å²) in [5.74, 6) is -1.07. The average molecular weight is 347 g/mol. The third kappa shape index (κ3) is 3.72. The first-order chi connectivity index (χ1) is 12.6. The van der Waals surface area contributed by atoms with Gasteiger partial charge in [-0.15, -0.1) is 0 Å². The van der Waals surface area contributed by atoms with Gasteiger partial charge in [0.15, 0.2) is 0 Å². The molecule has 0 radical (unpaired) electrons. The van der Waals surface area contributed by atoms with E-state index in [0.717, 1.165) is 11.1 Å². The molecule has 3 rings (SSSR count). The van der Waals surface area contributed by atoms with Crippen molar-refractivity contribution >= 4 is 17.6 Å². The maximum absolute atomic E-state index is 12.6. The summed E-state index contributed by atoms with van der Waals surface area (Å²) in [7, 11) is 1.42. The Morgan fingerprint density at radius 1 is 0.846 bits per heavy atom. The molecule has 0 bridgehead atoms. The highest BCUT2D eigenvalue weighted by atomic mass is 16.5. The largest absolute Gasteiger partial charge is 0.495 e. The number of hydrogen-bond acceptors (Lipinski definition) is 3. The number of aromatic carboxylic acids is 1. The Hall–Kier alpha value is -3.60. The number of nitrogens with one attached hydrogen (secondary N) is 1. The topological polar surface area (TPSA) is 75.6 Å². The van der Waals surface area contributed by atoms with Gasteiger partial charge in [0, 0.05) is 5.56 Å². The van der Waals surface area contributed by atoms with Crippen molar-refractivity contribution in [2.24, 2.45) is 0 Å². The van der Waals surface area contributed by atoms with Gasteiger partial charge in [0.25, 0.3) is 5.91 Å². The summed E-state index contributed by atoms with van der Waals surface area (Å²) in [6.07, 6.45) is 0. The number of carboxylic acid groups (broad SMARTS) is 1. The monoisotopic (exact) mass is 347 g/mol. The van der Waals surface area contributed by atoms with Gasteiger partial charge in [0.2, 0.25) is 0 Å². The van der Waals surface area contributed by atoms with Gasteiger partial charge in [-0.05, 0) is 41.5 Å². The summed E-state index contributed by atoms with van der Waals surface area (Å²) in [5.41, 5.74) is 2.95. The minimum Gasteiger partial charge on any atom is -0.495 e. The van der Waals surface area contributed by atoms with E-state index < -0.39 is 5.97 Å². The second-order valence-electron chi connectivity index (χ2n) is 5.62. The summed E-state index contributed by atoms with van der Waals surface area (Å²) in [4.78, 5) is 23.7. The smallest absolute Gasteiger partial charge is 0.335 e. The van der Waals surface area contributed by atoms with Crippen LogP contribution >= 0.6 is 0 Å². The van der Waals surface area contributed by atoms with Crippen molar-refractivity contribution in [1.29, 1.82) is 0 Å². The van der Waals surface area contributed by atoms with Crippen LogP contribution in [-0.2, 0) is 0 Å². The summed E-state index contributed by atoms with van der Waals surface area (Å²) < 4.78 is 5.19. The molecule has 1 amide bonds. The lowest BCUT2D eigenvalue weighted by Crippen LogP contribution is -2.13. The average Bonchev–Trinajstić information content (AvgIpc) is 2.69. The molecular weight excluding hydrogens is 330 g/mol. The summed E-state index contributed by atoms with van der Waals surface area (Å²) in [5, 5.41) is 11.8. The quantitative estimate of drug-likeness (QED) is 0.721. The number of carboxylic acids is 1. The number of methoxy groups -OCH3 is 1. The highest BCUT2D eigenvalue weighted by Crippen LogP contribution is 2.27. The summed E-state index contributed by atoms with van der Waals surface area (Å²) in [6, 6.07) is 21.4. The Bertz CT molecular complexity index is 951. The van der Waals surface area contributed by atoms with Crippen molar-refractivity contribution in [3.05, 3.63) is 83.9 Å². The van der Waals surface area contributed by atoms with Gasteiger partial charge in [0.05, 0.1) is 18.4 Å². The molecule has 0 aromatic heterocycles. The van der Waals surface area contributed by atoms with E-state index in [1.807, 2.05) is 48.5 Å². The molecule has 3 aromatic carbocycles. The van der Waals surface area contributed by atoms with E-state index in [4.69, 9.17) is 9.84 Å². The molecule has 0 unspecified atom stereocenters. The molecule has 0 aliphatic heterocycles. The number of carbonyl (C=O) groups is 2. The molecule has 0 saturated heterocycles. The molecule has 5 nitrogen and oxygen atoms in total. The molecule has 130 valence electrons. The summed E-state index contributed by atoms with van der Waals surface area (Å²) in [6.45, 7) is 0. The standard InChI is InChI=1S/C21H17NO4/c1-26-19-13-17(21(24)25)10-11-18(19)22-20(23)16-9-5-8-15(12-16)14-6-3-2-4-7-14/h2-13H,1H3,(H,22,23)(H,24,25). The molecule has 0 heterocycles. The fourth-order valence-electron chi connectivity index (χ4n) is 2.59. The SMILES string of the molecule is COc1cc(C(=O)O)ccc1NC(=O)c1cccc(-c2ccccc2)c1. The molecule has 0 spiro atoms. The van der Waals surface area contributed by atoms with Crippen molar-refractivity contribution in [2.75, 3.05) is 12.4 Å². The Balaban J connectivity index is 1.86. The lowest BCUT2D eigenvalue weighted by molar-refractivity contribution is 0.0696. The van der Waals surface area contributed by atoms with Gasteiger partial charge in [-0.2, -0.15) is 0 Å². The Labute approximate surface area is 150 Å². The van der Waals surface area contributed by atoms with Crippen LogP contribution in [0.1, 0.15) is 20.7 Å². The first-order valence-corrected chi connectivity index (χ1v) is 7.96. The Morgan fingerprint density at radius 2 is 1.58 bits per heavy atom. The molecule has 0 saturated carbocycles. The minimum absolute atomic E-state index is 0.0888. The molecular formula is C21H17NO4. The fourth-order valence-corrected chi connectivity index (χ4v) is 2.59. The zero-order valence-electron chi connectivity index (χ0n) is 14.1. The van der Waals surface area contributed by atoms with Crippen molar-refractivity contribution in [3.8, 4) is 16.9 Å². The van der Waals surface area contributed by atoms with Crippen LogP contribution in [0.2, 0.25) is 0 Å². The van der Waals surface area contributed by atoms with E-state index in [0.29, 0.717) is 11.3 Å². The van der Waals surface area contributed by atoms with Crippen LogP contribution < -0.4 is 10.1 Å². The molecule has 0 fully saturated rings. The van der Waals surface area contributed by atoms with Gasteiger partial charge >= 0.3 is 5.97 Å². The second kappa shape index (κ2) is 7.53. The number of anilines is 1. The van der Waals surface area contributed by atoms with Crippen molar-refractivity contribution < 1.29 is 19.4 Å². The molecule has 26 heavy (non-hydrogen) atoms. The molecule has 0 aliphatic rings. The normalized spacial score (nSPS) is 10.2. The van der Waals surface area contributed by atoms with E-state index >= 15 is 0 Å². The van der Waals surface area contributed by atoms with E-state index in [2.05, 4.69) is 5.32 Å². The number of benzene rings is 3. The van der Waals surface area contributed by atoms with Gasteiger partial charge in [-0.25, -0.2) is 4.79 Å². The number of carbonyl (C=O) groups excluding carboxylic acids is 1. The van der Waals surface area contributed by atoms with Crippen molar-refractivity contribution in [2.45, 2.75) is 0 Å². The van der Waals surface area contributed by atoms with Crippen LogP contribution in [0.4, 0.5) is 5.69 Å². The van der Waals surface area contributed by atoms with Crippen LogP contribution in [0.25, 0.3) is 11.1 Å². The van der Waals surface area contributed by atoms with Crippen molar-refractivity contribution in [1.82, 2.24) is 0 Å². The van der Waals surface area contributed by atoms with Crippen molar-refractivity contribution in [3.63, 3.8) is 0 Å². The third-order valence-electron chi connectivity index (χ3n) is 3.93. The maximum Gasteiger partial charge on any atom is 0.335 e. The number of ether oxygens (including phenoxy) is 1. The van der Waals surface area contributed by atoms with Crippen LogP contribution in [0.15, 0.2) is 72.8 Å². The molecule has 3 aromatic rings. The molecule has 0 aliphatic carbocycles. The van der Waals surface area contributed by atoms with E-state index in [1.54, 1.807) is 6.07 Å². The highest BCUT2D eigenvalue weighted by molar-refractivity contribution is 6.06. The van der Waals surface area contributed by atoms with Crippen LogP contribution in [0.5, 0.6) is 5.75 Å². The van der Waals surface area contributed by atoms with E-state index in [1.165, 1.54) is 25.3 Å². The molecule has 5 heteroatoms. The first kappa shape index (κ1) is 17.2. The lowest BCUT2D eigenvalue weighted by Gasteiger charge is -2.11. The zero-order valence-corrected chi connectivity index (χ0v) is 14.1. The Morgan fingerprint density at radius 3 is 2.27 bits per heavy atom. The predicted molar refractivity (Wildman–Crippen MR) is 99.8 cm³/mol. The molecule has 2 N–H and O–H groups in total. The minimum atomic E-state index is -1.06. The fraction of sp³-hybridized carbons (Fsp3) is 0.0476. The lowest BCUT2D eigenvalue weighted by atomic mass is 10.0. The number of rotatable bonds is 5. The van der Waals surface area contributed by atoms with Crippen LogP contribution in [0.3, 0.4) is 0 Å². The Kier molecular flexibility index (Phi) is 4.99. The number of amides is 1.